The van der Waals surface area contributed by atoms with Crippen molar-refractivity contribution in [3.05, 3.63) is 39.4 Å². The number of carbonyl (C=O) groups is 1. The maximum Gasteiger partial charge on any atom is 0.417 e. The van der Waals surface area contributed by atoms with Crippen LogP contribution < -0.4 is 11.1 Å². The summed E-state index contributed by atoms with van der Waals surface area (Å²) in [6.07, 6.45) is 1.54. The van der Waals surface area contributed by atoms with Gasteiger partial charge in [-0.05, 0) is 25.0 Å². The highest BCUT2D eigenvalue weighted by Crippen LogP contribution is 2.36. The van der Waals surface area contributed by atoms with Crippen molar-refractivity contribution in [1.29, 1.82) is 0 Å². The summed E-state index contributed by atoms with van der Waals surface area (Å²) in [6, 6.07) is 2.07. The van der Waals surface area contributed by atoms with Gasteiger partial charge in [-0.1, -0.05) is 35.8 Å². The van der Waals surface area contributed by atoms with Crippen molar-refractivity contribution in [2.24, 2.45) is 5.73 Å². The van der Waals surface area contributed by atoms with E-state index in [1.165, 1.54) is 12.3 Å². The predicted molar refractivity (Wildman–Crippen MR) is 104 cm³/mol. The Morgan fingerprint density at radius 1 is 1.31 bits per heavy atom. The zero-order valence-electron chi connectivity index (χ0n) is 15.0. The molecule has 0 aromatic carbocycles. The van der Waals surface area contributed by atoms with Crippen molar-refractivity contribution in [1.82, 2.24) is 19.9 Å². The van der Waals surface area contributed by atoms with Crippen LogP contribution >= 0.6 is 22.9 Å². The molecule has 4 rings (SSSR count). The molecule has 154 valence electrons. The summed E-state index contributed by atoms with van der Waals surface area (Å²) >= 11 is 7.30. The number of hydrogen-bond donors (Lipinski definition) is 2. The molecule has 11 heteroatoms. The van der Waals surface area contributed by atoms with Crippen LogP contribution in [0, 0.1) is 0 Å². The van der Waals surface area contributed by atoms with Gasteiger partial charge in [-0.15, -0.1) is 0 Å². The van der Waals surface area contributed by atoms with Crippen molar-refractivity contribution in [2.45, 2.75) is 43.9 Å². The van der Waals surface area contributed by atoms with Gasteiger partial charge in [-0.3, -0.25) is 4.79 Å². The van der Waals surface area contributed by atoms with E-state index in [1.54, 1.807) is 0 Å². The summed E-state index contributed by atoms with van der Waals surface area (Å²) in [5.41, 5.74) is 6.43. The van der Waals surface area contributed by atoms with E-state index in [2.05, 4.69) is 15.4 Å². The lowest BCUT2D eigenvalue weighted by molar-refractivity contribution is -0.137. The van der Waals surface area contributed by atoms with Gasteiger partial charge in [0.1, 0.15) is 10.0 Å². The van der Waals surface area contributed by atoms with E-state index < -0.39 is 11.7 Å². The number of amides is 1. The summed E-state index contributed by atoms with van der Waals surface area (Å²) in [5, 5.41) is 7.06. The lowest BCUT2D eigenvalue weighted by atomic mass is 9.91. The standard InChI is InChI=1S/C18H17ClF3N5OS/c19-15-14(10-7-24-27-8-9(18(20,21)22)5-6-13(10)27)26-17(29-15)16(28)25-12-4-2-1-3-11(12)23/h5-8,11-12H,1-4,23H2,(H,25,28)/t11-,12-/m1/s1. The molecule has 3 heterocycles. The van der Waals surface area contributed by atoms with Gasteiger partial charge in [0, 0.05) is 23.8 Å². The number of thiazole rings is 1. The molecule has 0 bridgehead atoms. The second kappa shape index (κ2) is 7.58. The summed E-state index contributed by atoms with van der Waals surface area (Å²) < 4.78 is 40.1. The molecule has 1 amide bonds. The first-order valence-electron chi connectivity index (χ1n) is 9.02. The lowest BCUT2D eigenvalue weighted by Crippen LogP contribution is -2.49. The van der Waals surface area contributed by atoms with Crippen LogP contribution in [0.5, 0.6) is 0 Å². The fourth-order valence-corrected chi connectivity index (χ4v) is 4.54. The normalized spacial score (nSPS) is 20.2. The number of fused-ring (bicyclic) bond motifs is 1. The van der Waals surface area contributed by atoms with Crippen molar-refractivity contribution < 1.29 is 18.0 Å². The number of hydrogen-bond acceptors (Lipinski definition) is 5. The number of nitrogens with two attached hydrogens (primary N) is 1. The van der Waals surface area contributed by atoms with E-state index in [0.29, 0.717) is 16.8 Å². The molecule has 1 aliphatic carbocycles. The predicted octanol–water partition coefficient (Wildman–Crippen LogP) is 4.13. The molecule has 0 saturated heterocycles. The minimum absolute atomic E-state index is 0.0925. The van der Waals surface area contributed by atoms with Gasteiger partial charge in [0.2, 0.25) is 0 Å². The molecule has 0 unspecified atom stereocenters. The minimum Gasteiger partial charge on any atom is -0.346 e. The lowest BCUT2D eigenvalue weighted by Gasteiger charge is -2.28. The highest BCUT2D eigenvalue weighted by molar-refractivity contribution is 7.18. The Morgan fingerprint density at radius 2 is 2.07 bits per heavy atom. The van der Waals surface area contributed by atoms with Crippen molar-refractivity contribution in [3.63, 3.8) is 0 Å². The second-order valence-corrected chi connectivity index (χ2v) is 8.57. The topological polar surface area (TPSA) is 85.3 Å². The van der Waals surface area contributed by atoms with E-state index in [4.69, 9.17) is 17.3 Å². The first-order chi connectivity index (χ1) is 13.7. The average Bonchev–Trinajstić information content (AvgIpc) is 3.25. The number of carbonyl (C=O) groups excluding carboxylic acids is 1. The number of halogens is 4. The Morgan fingerprint density at radius 3 is 2.79 bits per heavy atom. The number of rotatable bonds is 3. The van der Waals surface area contributed by atoms with Crippen LogP contribution in [-0.2, 0) is 6.18 Å². The smallest absolute Gasteiger partial charge is 0.346 e. The third-order valence-corrected chi connectivity index (χ3v) is 6.27. The van der Waals surface area contributed by atoms with Gasteiger partial charge < -0.3 is 11.1 Å². The molecule has 1 aliphatic rings. The third-order valence-electron chi connectivity index (χ3n) is 5.01. The first-order valence-corrected chi connectivity index (χ1v) is 10.2. The number of nitrogens with zero attached hydrogens (tertiary/aromatic N) is 3. The maximum atomic E-state index is 12.9. The maximum absolute atomic E-state index is 12.9. The van der Waals surface area contributed by atoms with Crippen molar-refractivity contribution in [2.75, 3.05) is 0 Å². The highest BCUT2D eigenvalue weighted by Gasteiger charge is 2.31. The Kier molecular flexibility index (Phi) is 5.26. The molecule has 1 saturated carbocycles. The zero-order chi connectivity index (χ0) is 20.8. The van der Waals surface area contributed by atoms with Gasteiger partial charge >= 0.3 is 6.18 Å². The molecular weight excluding hydrogens is 427 g/mol. The zero-order valence-corrected chi connectivity index (χ0v) is 16.6. The van der Waals surface area contributed by atoms with Crippen LogP contribution in [0.1, 0.15) is 41.0 Å². The van der Waals surface area contributed by atoms with E-state index in [1.807, 2.05) is 0 Å². The van der Waals surface area contributed by atoms with Crippen LogP contribution in [0.4, 0.5) is 13.2 Å². The molecule has 0 radical (unpaired) electrons. The van der Waals surface area contributed by atoms with E-state index in [0.717, 1.165) is 53.8 Å². The molecule has 3 aromatic rings. The fourth-order valence-electron chi connectivity index (χ4n) is 3.47. The van der Waals surface area contributed by atoms with Crippen LogP contribution in [-0.4, -0.2) is 32.6 Å². The molecule has 3 aromatic heterocycles. The molecule has 0 aliphatic heterocycles. The Labute approximate surface area is 172 Å². The first kappa shape index (κ1) is 20.1. The minimum atomic E-state index is -4.47. The van der Waals surface area contributed by atoms with E-state index in [-0.39, 0.29) is 27.3 Å². The van der Waals surface area contributed by atoms with Gasteiger partial charge in [-0.2, -0.15) is 18.3 Å². The largest absolute Gasteiger partial charge is 0.417 e. The molecular formula is C18H17ClF3N5OS. The van der Waals surface area contributed by atoms with Crippen LogP contribution in [0.2, 0.25) is 4.34 Å². The average molecular weight is 444 g/mol. The number of aromatic nitrogens is 3. The molecule has 1 fully saturated rings. The van der Waals surface area contributed by atoms with Crippen LogP contribution in [0.15, 0.2) is 24.5 Å². The van der Waals surface area contributed by atoms with Gasteiger partial charge in [0.15, 0.2) is 5.01 Å². The highest BCUT2D eigenvalue weighted by atomic mass is 35.5. The van der Waals surface area contributed by atoms with E-state index >= 15 is 0 Å². The third kappa shape index (κ3) is 3.96. The van der Waals surface area contributed by atoms with Gasteiger partial charge in [-0.25, -0.2) is 9.50 Å². The Balaban J connectivity index is 1.62. The Hall–Kier alpha value is -2.17. The van der Waals surface area contributed by atoms with Crippen LogP contribution in [0.3, 0.4) is 0 Å². The van der Waals surface area contributed by atoms with Gasteiger partial charge in [0.05, 0.1) is 17.3 Å². The van der Waals surface area contributed by atoms with Crippen molar-refractivity contribution in [3.8, 4) is 11.3 Å². The monoisotopic (exact) mass is 443 g/mol. The molecule has 29 heavy (non-hydrogen) atoms. The van der Waals surface area contributed by atoms with E-state index in [9.17, 15) is 18.0 Å². The summed E-state index contributed by atoms with van der Waals surface area (Å²) in [4.78, 5) is 16.9. The van der Waals surface area contributed by atoms with Crippen molar-refractivity contribution >= 4 is 34.4 Å². The molecule has 6 nitrogen and oxygen atoms in total. The number of alkyl halides is 3. The number of pyridine rings is 1. The number of nitrogens with one attached hydrogen (secondary N) is 1. The van der Waals surface area contributed by atoms with Crippen LogP contribution in [0.25, 0.3) is 16.8 Å². The molecule has 0 spiro atoms. The Bertz CT molecular complexity index is 1060. The SMILES string of the molecule is N[C@@H]1CCCC[C@H]1NC(=O)c1nc(-c2cnn3cc(C(F)(F)F)ccc23)c(Cl)s1. The van der Waals surface area contributed by atoms with Gasteiger partial charge in [0.25, 0.3) is 5.91 Å². The quantitative estimate of drug-likeness (QED) is 0.637. The molecule has 2 atom stereocenters. The summed E-state index contributed by atoms with van der Waals surface area (Å²) in [5.74, 6) is -0.360. The fraction of sp³-hybridized carbons (Fsp3) is 0.389. The summed E-state index contributed by atoms with van der Waals surface area (Å²) in [6.45, 7) is 0. The molecule has 3 N–H and O–H groups in total. The summed E-state index contributed by atoms with van der Waals surface area (Å²) in [7, 11) is 0. The second-order valence-electron chi connectivity index (χ2n) is 6.97.